The number of primary amides is 1. The van der Waals surface area contributed by atoms with Gasteiger partial charge in [-0.3, -0.25) is 0 Å². The Balaban J connectivity index is 2.04. The van der Waals surface area contributed by atoms with Crippen molar-refractivity contribution in [1.82, 2.24) is 14.7 Å². The topological polar surface area (TPSA) is 82.6 Å². The smallest absolute Gasteiger partial charge is 0.315 e. The van der Waals surface area contributed by atoms with Crippen molar-refractivity contribution >= 4 is 6.03 Å². The fourth-order valence-electron chi connectivity index (χ4n) is 3.24. The molecule has 7 nitrogen and oxygen atoms in total. The molecule has 24 heavy (non-hydrogen) atoms. The Kier molecular flexibility index (Phi) is 4.44. The molecule has 1 saturated heterocycles. The molecule has 1 fully saturated rings. The molecule has 0 unspecified atom stereocenters. The Bertz CT molecular complexity index is 756. The Morgan fingerprint density at radius 1 is 1.42 bits per heavy atom. The molecule has 2 aromatic rings. The lowest BCUT2D eigenvalue weighted by Crippen LogP contribution is -2.46. The number of aromatic nitrogens is 2. The zero-order valence-corrected chi connectivity index (χ0v) is 14.2. The van der Waals surface area contributed by atoms with Crippen LogP contribution in [0.4, 0.5) is 4.79 Å². The number of morpholine rings is 1. The van der Waals surface area contributed by atoms with Gasteiger partial charge in [0, 0.05) is 23.9 Å². The van der Waals surface area contributed by atoms with Gasteiger partial charge in [0.25, 0.3) is 0 Å². The summed E-state index contributed by atoms with van der Waals surface area (Å²) in [5.41, 5.74) is 9.25. The molecule has 128 valence electrons. The van der Waals surface area contributed by atoms with Crippen LogP contribution in [0.15, 0.2) is 24.3 Å². The quantitative estimate of drug-likeness (QED) is 0.932. The Morgan fingerprint density at radius 2 is 2.21 bits per heavy atom. The number of aryl methyl sites for hydroxylation is 1. The van der Waals surface area contributed by atoms with Crippen LogP contribution in [0.1, 0.15) is 23.0 Å². The van der Waals surface area contributed by atoms with E-state index < -0.39 is 6.03 Å². The first kappa shape index (κ1) is 16.3. The van der Waals surface area contributed by atoms with Crippen LogP contribution < -0.4 is 10.5 Å². The molecule has 7 heteroatoms. The van der Waals surface area contributed by atoms with E-state index in [-0.39, 0.29) is 6.04 Å². The van der Waals surface area contributed by atoms with Gasteiger partial charge in [-0.15, -0.1) is 0 Å². The van der Waals surface area contributed by atoms with Gasteiger partial charge in [-0.05, 0) is 26.0 Å². The molecule has 2 heterocycles. The number of benzene rings is 1. The summed E-state index contributed by atoms with van der Waals surface area (Å²) in [6.07, 6.45) is 0. The lowest BCUT2D eigenvalue weighted by Gasteiger charge is -2.34. The van der Waals surface area contributed by atoms with Gasteiger partial charge >= 0.3 is 6.03 Å². The molecule has 1 atom stereocenters. The summed E-state index contributed by atoms with van der Waals surface area (Å²) in [4.78, 5) is 13.4. The zero-order chi connectivity index (χ0) is 17.3. The van der Waals surface area contributed by atoms with Crippen LogP contribution in [0.2, 0.25) is 0 Å². The standard InChI is InChI=1S/C17H22N4O3/c1-11-16(15-10-24-8-7-20(15)17(18)22)12(2)21(19-11)13-5-4-6-14(9-13)23-3/h4-6,9,15H,7-8,10H2,1-3H3,(H2,18,22)/t15-/m1/s1. The molecular formula is C17H22N4O3. The van der Waals surface area contributed by atoms with Crippen molar-refractivity contribution in [2.75, 3.05) is 26.9 Å². The van der Waals surface area contributed by atoms with Crippen LogP contribution in [-0.4, -0.2) is 47.6 Å². The predicted octanol–water partition coefficient (Wildman–Crippen LogP) is 1.95. The van der Waals surface area contributed by atoms with E-state index in [9.17, 15) is 4.79 Å². The first-order chi connectivity index (χ1) is 11.5. The van der Waals surface area contributed by atoms with Gasteiger partial charge in [-0.2, -0.15) is 5.10 Å². The Hall–Kier alpha value is -2.54. The number of nitrogens with two attached hydrogens (primary N) is 1. The van der Waals surface area contributed by atoms with Crippen LogP contribution in [-0.2, 0) is 4.74 Å². The normalized spacial score (nSPS) is 17.8. The summed E-state index contributed by atoms with van der Waals surface area (Å²) in [5, 5.41) is 4.65. The van der Waals surface area contributed by atoms with Crippen molar-refractivity contribution in [2.24, 2.45) is 5.73 Å². The molecule has 1 aliphatic heterocycles. The van der Waals surface area contributed by atoms with E-state index in [1.54, 1.807) is 12.0 Å². The highest BCUT2D eigenvalue weighted by Crippen LogP contribution is 2.31. The van der Waals surface area contributed by atoms with Gasteiger partial charge in [0.2, 0.25) is 0 Å². The van der Waals surface area contributed by atoms with E-state index in [1.165, 1.54) is 0 Å². The molecule has 0 radical (unpaired) electrons. The predicted molar refractivity (Wildman–Crippen MR) is 89.4 cm³/mol. The van der Waals surface area contributed by atoms with Crippen LogP contribution in [0, 0.1) is 13.8 Å². The number of urea groups is 1. The number of amides is 2. The average Bonchev–Trinajstić information content (AvgIpc) is 2.89. The van der Waals surface area contributed by atoms with Crippen molar-refractivity contribution in [3.63, 3.8) is 0 Å². The lowest BCUT2D eigenvalue weighted by atomic mass is 10.0. The number of hydrogen-bond acceptors (Lipinski definition) is 4. The number of hydrogen-bond donors (Lipinski definition) is 1. The SMILES string of the molecule is COc1cccc(-n2nc(C)c([C@H]3COCCN3C(N)=O)c2C)c1. The van der Waals surface area contributed by atoms with Gasteiger partial charge in [-0.1, -0.05) is 6.07 Å². The third-order valence-electron chi connectivity index (χ3n) is 4.39. The zero-order valence-electron chi connectivity index (χ0n) is 14.2. The van der Waals surface area contributed by atoms with E-state index in [1.807, 2.05) is 42.8 Å². The number of rotatable bonds is 3. The first-order valence-electron chi connectivity index (χ1n) is 7.87. The molecule has 1 aliphatic rings. The maximum Gasteiger partial charge on any atom is 0.315 e. The summed E-state index contributed by atoms with van der Waals surface area (Å²) < 4.78 is 12.7. The molecule has 0 spiro atoms. The summed E-state index contributed by atoms with van der Waals surface area (Å²) in [6.45, 7) is 5.34. The summed E-state index contributed by atoms with van der Waals surface area (Å²) in [7, 11) is 1.63. The third kappa shape index (κ3) is 2.82. The molecule has 3 rings (SSSR count). The third-order valence-corrected chi connectivity index (χ3v) is 4.39. The maximum atomic E-state index is 11.8. The first-order valence-corrected chi connectivity index (χ1v) is 7.87. The van der Waals surface area contributed by atoms with Gasteiger partial charge in [0.1, 0.15) is 5.75 Å². The largest absolute Gasteiger partial charge is 0.497 e. The average molecular weight is 330 g/mol. The lowest BCUT2D eigenvalue weighted by molar-refractivity contribution is 0.0133. The van der Waals surface area contributed by atoms with Crippen LogP contribution >= 0.6 is 0 Å². The fourth-order valence-corrected chi connectivity index (χ4v) is 3.24. The number of ether oxygens (including phenoxy) is 2. The van der Waals surface area contributed by atoms with Crippen LogP contribution in [0.25, 0.3) is 5.69 Å². The van der Waals surface area contributed by atoms with Crippen molar-refractivity contribution in [2.45, 2.75) is 19.9 Å². The van der Waals surface area contributed by atoms with E-state index in [2.05, 4.69) is 5.10 Å². The minimum Gasteiger partial charge on any atom is -0.497 e. The Morgan fingerprint density at radius 3 is 2.92 bits per heavy atom. The Labute approximate surface area is 140 Å². The molecule has 1 aromatic carbocycles. The van der Waals surface area contributed by atoms with Crippen molar-refractivity contribution in [1.29, 1.82) is 0 Å². The van der Waals surface area contributed by atoms with Gasteiger partial charge in [0.05, 0.1) is 37.7 Å². The van der Waals surface area contributed by atoms with Crippen molar-refractivity contribution in [3.05, 3.63) is 41.2 Å². The number of carbonyl (C=O) groups excluding carboxylic acids is 1. The molecular weight excluding hydrogens is 308 g/mol. The van der Waals surface area contributed by atoms with Crippen molar-refractivity contribution < 1.29 is 14.3 Å². The second-order valence-electron chi connectivity index (χ2n) is 5.82. The molecule has 0 aliphatic carbocycles. The van der Waals surface area contributed by atoms with Gasteiger partial charge in [-0.25, -0.2) is 9.48 Å². The monoisotopic (exact) mass is 330 g/mol. The van der Waals surface area contributed by atoms with Gasteiger partial charge in [0.15, 0.2) is 0 Å². The summed E-state index contributed by atoms with van der Waals surface area (Å²) in [5.74, 6) is 0.765. The minimum atomic E-state index is -0.434. The maximum absolute atomic E-state index is 11.8. The second-order valence-corrected chi connectivity index (χ2v) is 5.82. The van der Waals surface area contributed by atoms with Crippen LogP contribution in [0.5, 0.6) is 5.75 Å². The summed E-state index contributed by atoms with van der Waals surface area (Å²) >= 11 is 0. The molecule has 1 aromatic heterocycles. The molecule has 2 amide bonds. The van der Waals surface area contributed by atoms with Crippen LogP contribution in [0.3, 0.4) is 0 Å². The highest BCUT2D eigenvalue weighted by Gasteiger charge is 2.31. The number of nitrogens with zero attached hydrogens (tertiary/aromatic N) is 3. The molecule has 0 saturated carbocycles. The van der Waals surface area contributed by atoms with Gasteiger partial charge < -0.3 is 20.1 Å². The summed E-state index contributed by atoms with van der Waals surface area (Å²) in [6, 6.07) is 7.05. The van der Waals surface area contributed by atoms with E-state index in [0.717, 1.165) is 28.4 Å². The minimum absolute atomic E-state index is 0.212. The molecule has 0 bridgehead atoms. The highest BCUT2D eigenvalue weighted by molar-refractivity contribution is 5.73. The fraction of sp³-hybridized carbons (Fsp3) is 0.412. The molecule has 2 N–H and O–H groups in total. The number of methoxy groups -OCH3 is 1. The van der Waals surface area contributed by atoms with Crippen molar-refractivity contribution in [3.8, 4) is 11.4 Å². The van der Waals surface area contributed by atoms with E-state index in [4.69, 9.17) is 15.2 Å². The van der Waals surface area contributed by atoms with E-state index >= 15 is 0 Å². The number of carbonyl (C=O) groups is 1. The highest BCUT2D eigenvalue weighted by atomic mass is 16.5. The van der Waals surface area contributed by atoms with E-state index in [0.29, 0.717) is 19.8 Å². The second kappa shape index (κ2) is 6.52.